The monoisotopic (exact) mass is 339 g/mol. The maximum atomic E-state index is 10.2. The SMILES string of the molecule is CCNC(=NCc1ccccc1CC)NCC(O)Cc1ccccc1. The number of rotatable bonds is 8. The van der Waals surface area contributed by atoms with Gasteiger partial charge in [0.15, 0.2) is 5.96 Å². The van der Waals surface area contributed by atoms with Gasteiger partial charge >= 0.3 is 0 Å². The van der Waals surface area contributed by atoms with Gasteiger partial charge in [-0.15, -0.1) is 0 Å². The Labute approximate surface area is 151 Å². The van der Waals surface area contributed by atoms with Crippen molar-refractivity contribution < 1.29 is 5.11 Å². The Morgan fingerprint density at radius 1 is 0.960 bits per heavy atom. The van der Waals surface area contributed by atoms with E-state index in [4.69, 9.17) is 0 Å². The molecule has 2 rings (SSSR count). The molecule has 0 bridgehead atoms. The Bertz CT molecular complexity index is 655. The molecule has 134 valence electrons. The summed E-state index contributed by atoms with van der Waals surface area (Å²) in [6.45, 7) is 6.09. The second kappa shape index (κ2) is 10.5. The predicted molar refractivity (Wildman–Crippen MR) is 105 cm³/mol. The third-order valence-corrected chi connectivity index (χ3v) is 4.07. The van der Waals surface area contributed by atoms with E-state index in [0.29, 0.717) is 19.5 Å². The highest BCUT2D eigenvalue weighted by molar-refractivity contribution is 5.79. The number of aryl methyl sites for hydroxylation is 1. The van der Waals surface area contributed by atoms with E-state index in [2.05, 4.69) is 40.7 Å². The summed E-state index contributed by atoms with van der Waals surface area (Å²) in [5, 5.41) is 16.7. The van der Waals surface area contributed by atoms with Crippen LogP contribution in [0, 0.1) is 0 Å². The topological polar surface area (TPSA) is 56.7 Å². The first-order chi connectivity index (χ1) is 12.2. The fourth-order valence-electron chi connectivity index (χ4n) is 2.74. The molecule has 0 aliphatic heterocycles. The van der Waals surface area contributed by atoms with Crippen LogP contribution in [0.25, 0.3) is 0 Å². The van der Waals surface area contributed by atoms with Crippen LogP contribution in [0.2, 0.25) is 0 Å². The number of aliphatic imine (C=N–C) groups is 1. The zero-order valence-corrected chi connectivity index (χ0v) is 15.2. The maximum absolute atomic E-state index is 10.2. The molecule has 0 saturated carbocycles. The highest BCUT2D eigenvalue weighted by Gasteiger charge is 2.07. The van der Waals surface area contributed by atoms with Gasteiger partial charge in [-0.25, -0.2) is 4.99 Å². The molecule has 0 fully saturated rings. The number of guanidine groups is 1. The number of aliphatic hydroxyl groups excluding tert-OH is 1. The Morgan fingerprint density at radius 2 is 1.64 bits per heavy atom. The Morgan fingerprint density at radius 3 is 2.32 bits per heavy atom. The summed E-state index contributed by atoms with van der Waals surface area (Å²) in [6, 6.07) is 18.4. The van der Waals surface area contributed by atoms with Crippen molar-refractivity contribution in [2.45, 2.75) is 39.3 Å². The van der Waals surface area contributed by atoms with Gasteiger partial charge in [-0.2, -0.15) is 0 Å². The largest absolute Gasteiger partial charge is 0.391 e. The highest BCUT2D eigenvalue weighted by Crippen LogP contribution is 2.10. The van der Waals surface area contributed by atoms with Gasteiger partial charge in [-0.3, -0.25) is 0 Å². The van der Waals surface area contributed by atoms with Crippen LogP contribution in [0.4, 0.5) is 0 Å². The number of aliphatic hydroxyl groups is 1. The first kappa shape index (κ1) is 19.0. The summed E-state index contributed by atoms with van der Waals surface area (Å²) in [6.07, 6.45) is 1.19. The van der Waals surface area contributed by atoms with Crippen molar-refractivity contribution in [2.24, 2.45) is 4.99 Å². The molecular formula is C21H29N3O. The van der Waals surface area contributed by atoms with Crippen LogP contribution >= 0.6 is 0 Å². The zero-order valence-electron chi connectivity index (χ0n) is 15.2. The Kier molecular flexibility index (Phi) is 7.99. The lowest BCUT2D eigenvalue weighted by molar-refractivity contribution is 0.177. The molecule has 0 heterocycles. The standard InChI is InChI=1S/C21H29N3O/c1-3-18-12-8-9-13-19(18)15-23-21(22-4-2)24-16-20(25)14-17-10-6-5-7-11-17/h5-13,20,25H,3-4,14-16H2,1-2H3,(H2,22,23,24). The lowest BCUT2D eigenvalue weighted by Crippen LogP contribution is -2.41. The zero-order chi connectivity index (χ0) is 17.9. The third-order valence-electron chi connectivity index (χ3n) is 4.07. The number of hydrogen-bond donors (Lipinski definition) is 3. The first-order valence-corrected chi connectivity index (χ1v) is 9.03. The maximum Gasteiger partial charge on any atom is 0.191 e. The second-order valence-corrected chi connectivity index (χ2v) is 6.04. The van der Waals surface area contributed by atoms with Gasteiger partial charge in [0.25, 0.3) is 0 Å². The van der Waals surface area contributed by atoms with Crippen LogP contribution in [0.15, 0.2) is 59.6 Å². The van der Waals surface area contributed by atoms with Crippen molar-refractivity contribution in [3.63, 3.8) is 0 Å². The first-order valence-electron chi connectivity index (χ1n) is 9.03. The molecule has 0 spiro atoms. The Balaban J connectivity index is 1.91. The van der Waals surface area contributed by atoms with E-state index in [0.717, 1.165) is 24.5 Å². The molecule has 2 aromatic carbocycles. The predicted octanol–water partition coefficient (Wildman–Crippen LogP) is 2.91. The van der Waals surface area contributed by atoms with Gasteiger partial charge in [-0.05, 0) is 30.0 Å². The van der Waals surface area contributed by atoms with Crippen LogP contribution < -0.4 is 10.6 Å². The van der Waals surface area contributed by atoms with Crippen molar-refractivity contribution >= 4 is 5.96 Å². The Hall–Kier alpha value is -2.33. The molecule has 4 nitrogen and oxygen atoms in total. The molecule has 0 aliphatic rings. The molecule has 0 radical (unpaired) electrons. The second-order valence-electron chi connectivity index (χ2n) is 6.04. The van der Waals surface area contributed by atoms with E-state index in [1.807, 2.05) is 43.3 Å². The van der Waals surface area contributed by atoms with E-state index < -0.39 is 6.10 Å². The minimum atomic E-state index is -0.450. The molecule has 0 aromatic heterocycles. The molecule has 4 heteroatoms. The minimum Gasteiger partial charge on any atom is -0.391 e. The van der Waals surface area contributed by atoms with E-state index >= 15 is 0 Å². The van der Waals surface area contributed by atoms with Gasteiger partial charge in [0.1, 0.15) is 0 Å². The molecule has 25 heavy (non-hydrogen) atoms. The fraction of sp³-hybridized carbons (Fsp3) is 0.381. The van der Waals surface area contributed by atoms with Gasteiger partial charge < -0.3 is 15.7 Å². The molecule has 3 N–H and O–H groups in total. The average Bonchev–Trinajstić information content (AvgIpc) is 2.65. The van der Waals surface area contributed by atoms with Crippen LogP contribution in [0.5, 0.6) is 0 Å². The van der Waals surface area contributed by atoms with E-state index in [-0.39, 0.29) is 0 Å². The van der Waals surface area contributed by atoms with Crippen molar-refractivity contribution in [1.82, 2.24) is 10.6 Å². The van der Waals surface area contributed by atoms with E-state index in [9.17, 15) is 5.11 Å². The number of hydrogen-bond acceptors (Lipinski definition) is 2. The van der Waals surface area contributed by atoms with E-state index in [1.165, 1.54) is 11.1 Å². The van der Waals surface area contributed by atoms with Gasteiger partial charge in [0.2, 0.25) is 0 Å². The molecule has 1 atom stereocenters. The molecular weight excluding hydrogens is 310 g/mol. The molecule has 0 amide bonds. The van der Waals surface area contributed by atoms with Gasteiger partial charge in [0.05, 0.1) is 12.6 Å². The molecule has 0 aliphatic carbocycles. The van der Waals surface area contributed by atoms with Crippen molar-refractivity contribution in [1.29, 1.82) is 0 Å². The quantitative estimate of drug-likeness (QED) is 0.512. The van der Waals surface area contributed by atoms with Crippen LogP contribution in [0.3, 0.4) is 0 Å². The smallest absolute Gasteiger partial charge is 0.191 e. The summed E-state index contributed by atoms with van der Waals surface area (Å²) in [4.78, 5) is 4.65. The lowest BCUT2D eigenvalue weighted by atomic mass is 10.1. The van der Waals surface area contributed by atoms with Crippen LogP contribution in [-0.4, -0.2) is 30.3 Å². The van der Waals surface area contributed by atoms with Crippen molar-refractivity contribution in [2.75, 3.05) is 13.1 Å². The molecule has 0 saturated heterocycles. The van der Waals surface area contributed by atoms with Crippen LogP contribution in [0.1, 0.15) is 30.5 Å². The average molecular weight is 339 g/mol. The van der Waals surface area contributed by atoms with Crippen molar-refractivity contribution in [3.8, 4) is 0 Å². The summed E-state index contributed by atoms with van der Waals surface area (Å²) in [7, 11) is 0. The van der Waals surface area contributed by atoms with E-state index in [1.54, 1.807) is 0 Å². The summed E-state index contributed by atoms with van der Waals surface area (Å²) in [5.41, 5.74) is 3.70. The minimum absolute atomic E-state index is 0.450. The third kappa shape index (κ3) is 6.59. The fourth-order valence-corrected chi connectivity index (χ4v) is 2.74. The van der Waals surface area contributed by atoms with Crippen molar-refractivity contribution in [3.05, 3.63) is 71.3 Å². The number of nitrogens with zero attached hydrogens (tertiary/aromatic N) is 1. The summed E-state index contributed by atoms with van der Waals surface area (Å²) < 4.78 is 0. The molecule has 2 aromatic rings. The number of benzene rings is 2. The normalized spacial score (nSPS) is 12.7. The van der Waals surface area contributed by atoms with Crippen LogP contribution in [-0.2, 0) is 19.4 Å². The lowest BCUT2D eigenvalue weighted by Gasteiger charge is -2.15. The van der Waals surface area contributed by atoms with Gasteiger partial charge in [0, 0.05) is 19.5 Å². The van der Waals surface area contributed by atoms with Gasteiger partial charge in [-0.1, -0.05) is 61.5 Å². The molecule has 1 unspecified atom stereocenters. The number of nitrogens with one attached hydrogen (secondary N) is 2. The summed E-state index contributed by atoms with van der Waals surface area (Å²) in [5.74, 6) is 0.737. The highest BCUT2D eigenvalue weighted by atomic mass is 16.3. The summed E-state index contributed by atoms with van der Waals surface area (Å²) >= 11 is 0.